The predicted octanol–water partition coefficient (Wildman–Crippen LogP) is 2.33. The van der Waals surface area contributed by atoms with E-state index in [0.717, 1.165) is 31.6 Å². The number of hydrogen-bond donors (Lipinski definition) is 1. The van der Waals surface area contributed by atoms with Gasteiger partial charge in [0.05, 0.1) is 0 Å². The molecule has 1 aromatic heterocycles. The molecule has 1 saturated heterocycles. The van der Waals surface area contributed by atoms with Crippen molar-refractivity contribution in [1.82, 2.24) is 9.88 Å². The smallest absolute Gasteiger partial charge is 0.133 e. The van der Waals surface area contributed by atoms with Gasteiger partial charge in [-0.25, -0.2) is 4.98 Å². The van der Waals surface area contributed by atoms with Gasteiger partial charge in [-0.1, -0.05) is 17.7 Å². The number of likely N-dealkylation sites (tertiary alicyclic amines) is 1. The second-order valence-corrected chi connectivity index (χ2v) is 5.07. The van der Waals surface area contributed by atoms with Gasteiger partial charge in [-0.15, -0.1) is 0 Å². The Labute approximate surface area is 107 Å². The molecule has 3 nitrogen and oxygen atoms in total. The van der Waals surface area contributed by atoms with Crippen LogP contribution in [0.25, 0.3) is 0 Å². The monoisotopic (exact) mass is 254 g/mol. The molecule has 0 radical (unpaired) electrons. The van der Waals surface area contributed by atoms with Crippen LogP contribution < -0.4 is 0 Å². The third-order valence-electron chi connectivity index (χ3n) is 3.37. The van der Waals surface area contributed by atoms with Gasteiger partial charge in [0.1, 0.15) is 5.15 Å². The maximum atomic E-state index is 8.99. The number of aromatic nitrogens is 1. The minimum absolute atomic E-state index is 0.298. The van der Waals surface area contributed by atoms with Gasteiger partial charge in [0.2, 0.25) is 0 Å². The summed E-state index contributed by atoms with van der Waals surface area (Å²) in [6.07, 6.45) is 5.08. The van der Waals surface area contributed by atoms with Gasteiger partial charge in [0.15, 0.2) is 0 Å². The quantitative estimate of drug-likeness (QED) is 0.838. The Bertz CT molecular complexity index is 357. The largest absolute Gasteiger partial charge is 0.396 e. The molecule has 4 heteroatoms. The fraction of sp³-hybridized carbons (Fsp3) is 0.615. The second kappa shape index (κ2) is 6.34. The van der Waals surface area contributed by atoms with Crippen molar-refractivity contribution in [3.63, 3.8) is 0 Å². The van der Waals surface area contributed by atoms with Gasteiger partial charge in [-0.2, -0.15) is 0 Å². The molecule has 1 aromatic rings. The molecule has 17 heavy (non-hydrogen) atoms. The summed E-state index contributed by atoms with van der Waals surface area (Å²) < 4.78 is 0. The molecule has 1 N–H and O–H groups in total. The lowest BCUT2D eigenvalue weighted by Gasteiger charge is -2.32. The molecule has 1 atom stereocenters. The zero-order valence-electron chi connectivity index (χ0n) is 9.98. The zero-order valence-corrected chi connectivity index (χ0v) is 10.7. The first kappa shape index (κ1) is 12.8. The van der Waals surface area contributed by atoms with Gasteiger partial charge in [0.25, 0.3) is 0 Å². The van der Waals surface area contributed by atoms with Crippen molar-refractivity contribution in [2.24, 2.45) is 5.92 Å². The van der Waals surface area contributed by atoms with Crippen LogP contribution in [0, 0.1) is 5.92 Å². The SMILES string of the molecule is OCCC1CCCN(Cc2cccnc2Cl)C1. The molecule has 0 aliphatic carbocycles. The Morgan fingerprint density at radius 2 is 2.41 bits per heavy atom. The van der Waals surface area contributed by atoms with E-state index in [1.165, 1.54) is 12.8 Å². The summed E-state index contributed by atoms with van der Waals surface area (Å²) in [6.45, 7) is 3.35. The first-order valence-electron chi connectivity index (χ1n) is 6.22. The van der Waals surface area contributed by atoms with Crippen LogP contribution in [0.3, 0.4) is 0 Å². The molecule has 0 saturated carbocycles. The Hall–Kier alpha value is -0.640. The minimum Gasteiger partial charge on any atom is -0.396 e. The first-order chi connectivity index (χ1) is 8.29. The first-order valence-corrected chi connectivity index (χ1v) is 6.60. The third kappa shape index (κ3) is 3.66. The number of nitrogens with zero attached hydrogens (tertiary/aromatic N) is 2. The fourth-order valence-corrected chi connectivity index (χ4v) is 2.67. The van der Waals surface area contributed by atoms with E-state index in [2.05, 4.69) is 9.88 Å². The van der Waals surface area contributed by atoms with Crippen molar-refractivity contribution in [1.29, 1.82) is 0 Å². The maximum absolute atomic E-state index is 8.99. The number of aliphatic hydroxyl groups excluding tert-OH is 1. The summed E-state index contributed by atoms with van der Waals surface area (Å²) >= 11 is 6.06. The predicted molar refractivity (Wildman–Crippen MR) is 69.0 cm³/mol. The van der Waals surface area contributed by atoms with Crippen LogP contribution in [0.4, 0.5) is 0 Å². The second-order valence-electron chi connectivity index (χ2n) is 4.71. The summed E-state index contributed by atoms with van der Waals surface area (Å²) in [5, 5.41) is 9.60. The summed E-state index contributed by atoms with van der Waals surface area (Å²) in [5.74, 6) is 0.629. The molecular weight excluding hydrogens is 236 g/mol. The topological polar surface area (TPSA) is 36.4 Å². The molecule has 1 fully saturated rings. The van der Waals surface area contributed by atoms with E-state index in [1.54, 1.807) is 6.20 Å². The fourth-order valence-electron chi connectivity index (χ4n) is 2.49. The number of piperidine rings is 1. The number of aliphatic hydroxyl groups is 1. The lowest BCUT2D eigenvalue weighted by molar-refractivity contribution is 0.142. The highest BCUT2D eigenvalue weighted by atomic mass is 35.5. The van der Waals surface area contributed by atoms with Gasteiger partial charge < -0.3 is 5.11 Å². The summed E-state index contributed by atoms with van der Waals surface area (Å²) in [5.41, 5.74) is 1.10. The van der Waals surface area contributed by atoms with Crippen molar-refractivity contribution in [3.8, 4) is 0 Å². The average Bonchev–Trinajstić information content (AvgIpc) is 2.33. The highest BCUT2D eigenvalue weighted by Crippen LogP contribution is 2.22. The third-order valence-corrected chi connectivity index (χ3v) is 3.71. The zero-order chi connectivity index (χ0) is 12.1. The average molecular weight is 255 g/mol. The van der Waals surface area contributed by atoms with Crippen molar-refractivity contribution >= 4 is 11.6 Å². The van der Waals surface area contributed by atoms with E-state index in [9.17, 15) is 0 Å². The minimum atomic E-state index is 0.298. The summed E-state index contributed by atoms with van der Waals surface area (Å²) in [7, 11) is 0. The lowest BCUT2D eigenvalue weighted by atomic mass is 9.95. The number of pyridine rings is 1. The Balaban J connectivity index is 1.92. The Kier molecular flexibility index (Phi) is 4.77. The van der Waals surface area contributed by atoms with Crippen LogP contribution in [-0.4, -0.2) is 34.7 Å². The van der Waals surface area contributed by atoms with E-state index in [4.69, 9.17) is 16.7 Å². The van der Waals surface area contributed by atoms with Crippen LogP contribution in [0.5, 0.6) is 0 Å². The normalized spacial score (nSPS) is 21.6. The van der Waals surface area contributed by atoms with E-state index in [1.807, 2.05) is 12.1 Å². The molecule has 2 rings (SSSR count). The van der Waals surface area contributed by atoms with Gasteiger partial charge in [-0.05, 0) is 37.8 Å². The molecule has 1 aliphatic rings. The van der Waals surface area contributed by atoms with Gasteiger partial charge in [-0.3, -0.25) is 4.90 Å². The van der Waals surface area contributed by atoms with Gasteiger partial charge >= 0.3 is 0 Å². The molecule has 0 aromatic carbocycles. The van der Waals surface area contributed by atoms with Crippen LogP contribution in [0.2, 0.25) is 5.15 Å². The van der Waals surface area contributed by atoms with E-state index in [-0.39, 0.29) is 0 Å². The highest BCUT2D eigenvalue weighted by molar-refractivity contribution is 6.30. The standard InChI is InChI=1S/C13H19ClN2O/c14-13-12(4-1-6-15-13)10-16-7-2-3-11(9-16)5-8-17/h1,4,6,11,17H,2-3,5,7-10H2. The van der Waals surface area contributed by atoms with E-state index in [0.29, 0.717) is 17.7 Å². The van der Waals surface area contributed by atoms with Crippen molar-refractivity contribution in [3.05, 3.63) is 29.0 Å². The lowest BCUT2D eigenvalue weighted by Crippen LogP contribution is -2.35. The highest BCUT2D eigenvalue weighted by Gasteiger charge is 2.20. The number of rotatable bonds is 4. The van der Waals surface area contributed by atoms with Crippen molar-refractivity contribution in [2.75, 3.05) is 19.7 Å². The molecule has 0 bridgehead atoms. The Morgan fingerprint density at radius 3 is 3.18 bits per heavy atom. The van der Waals surface area contributed by atoms with Crippen LogP contribution in [-0.2, 0) is 6.54 Å². The van der Waals surface area contributed by atoms with Crippen molar-refractivity contribution < 1.29 is 5.11 Å². The van der Waals surface area contributed by atoms with Gasteiger partial charge in [0, 0.05) is 31.5 Å². The molecular formula is C13H19ClN2O. The van der Waals surface area contributed by atoms with Crippen LogP contribution in [0.15, 0.2) is 18.3 Å². The molecule has 1 aliphatic heterocycles. The Morgan fingerprint density at radius 1 is 1.53 bits per heavy atom. The summed E-state index contributed by atoms with van der Waals surface area (Å²) in [4.78, 5) is 6.51. The summed E-state index contributed by atoms with van der Waals surface area (Å²) in [6, 6.07) is 3.96. The van der Waals surface area contributed by atoms with Crippen LogP contribution >= 0.6 is 11.6 Å². The van der Waals surface area contributed by atoms with Crippen LogP contribution in [0.1, 0.15) is 24.8 Å². The van der Waals surface area contributed by atoms with Crippen molar-refractivity contribution in [2.45, 2.75) is 25.8 Å². The molecule has 0 amide bonds. The molecule has 94 valence electrons. The number of hydrogen-bond acceptors (Lipinski definition) is 3. The maximum Gasteiger partial charge on any atom is 0.133 e. The van der Waals surface area contributed by atoms with E-state index >= 15 is 0 Å². The molecule has 2 heterocycles. The molecule has 0 spiro atoms. The number of halogens is 1. The van der Waals surface area contributed by atoms with E-state index < -0.39 is 0 Å². The molecule has 1 unspecified atom stereocenters.